The van der Waals surface area contributed by atoms with E-state index >= 15 is 0 Å². The van der Waals surface area contributed by atoms with Gasteiger partial charge in [-0.15, -0.1) is 0 Å². The number of nitrogens with zero attached hydrogens (tertiary/aromatic N) is 2. The fourth-order valence-corrected chi connectivity index (χ4v) is 5.49. The first-order chi connectivity index (χ1) is 22.6. The number of hydrogen-bond donors (Lipinski definition) is 3. The maximum atomic E-state index is 11.1. The van der Waals surface area contributed by atoms with Crippen molar-refractivity contribution in [3.63, 3.8) is 0 Å². The molecule has 1 heterocycles. The number of aliphatic hydroxyl groups excluding tert-OH is 2. The SMILES string of the molecule is COc1ccccc1OCCNC[C@H](O)CN(CCOc1ccccc1OC)C[C@@H](O)COC1=CC=C[C@H]2N=c3ccccc3=C12. The van der Waals surface area contributed by atoms with Crippen molar-refractivity contribution >= 4 is 5.57 Å². The van der Waals surface area contributed by atoms with Gasteiger partial charge in [0.25, 0.3) is 0 Å². The van der Waals surface area contributed by atoms with Gasteiger partial charge in [-0.05, 0) is 36.4 Å². The van der Waals surface area contributed by atoms with E-state index in [1.807, 2.05) is 95.9 Å². The van der Waals surface area contributed by atoms with E-state index in [-0.39, 0.29) is 19.2 Å². The van der Waals surface area contributed by atoms with Crippen molar-refractivity contribution in [2.45, 2.75) is 18.2 Å². The second-order valence-corrected chi connectivity index (χ2v) is 11.0. The lowest BCUT2D eigenvalue weighted by atomic mass is 10.00. The third kappa shape index (κ3) is 8.88. The summed E-state index contributed by atoms with van der Waals surface area (Å²) in [5.41, 5.74) is 1.02. The fraction of sp³-hybridized carbons (Fsp3) is 0.361. The zero-order chi connectivity index (χ0) is 32.1. The van der Waals surface area contributed by atoms with Gasteiger partial charge in [0, 0.05) is 43.5 Å². The Labute approximate surface area is 269 Å². The molecule has 46 heavy (non-hydrogen) atoms. The Balaban J connectivity index is 1.14. The van der Waals surface area contributed by atoms with Crippen molar-refractivity contribution in [3.05, 3.63) is 107 Å². The summed E-state index contributed by atoms with van der Waals surface area (Å²) in [4.78, 5) is 6.76. The Morgan fingerprint density at radius 3 is 2.13 bits per heavy atom. The van der Waals surface area contributed by atoms with Gasteiger partial charge in [0.15, 0.2) is 23.0 Å². The van der Waals surface area contributed by atoms with E-state index in [1.165, 1.54) is 0 Å². The molecule has 3 aromatic rings. The second-order valence-electron chi connectivity index (χ2n) is 11.0. The Kier molecular flexibility index (Phi) is 12.1. The Morgan fingerprint density at radius 1 is 0.783 bits per heavy atom. The van der Waals surface area contributed by atoms with Crippen molar-refractivity contribution in [2.75, 3.05) is 66.8 Å². The number of methoxy groups -OCH3 is 2. The predicted molar refractivity (Wildman–Crippen MR) is 176 cm³/mol. The topological polar surface area (TPSA) is 114 Å². The number of nitrogens with one attached hydrogen (secondary N) is 1. The number of aliphatic hydroxyl groups is 2. The maximum absolute atomic E-state index is 11.1. The summed E-state index contributed by atoms with van der Waals surface area (Å²) < 4.78 is 28.7. The molecule has 1 aliphatic heterocycles. The number of para-hydroxylation sites is 5. The largest absolute Gasteiger partial charge is 0.493 e. The molecule has 3 aromatic carbocycles. The molecule has 10 nitrogen and oxygen atoms in total. The van der Waals surface area contributed by atoms with Crippen LogP contribution in [0.1, 0.15) is 0 Å². The van der Waals surface area contributed by atoms with Gasteiger partial charge in [-0.1, -0.05) is 54.6 Å². The lowest BCUT2D eigenvalue weighted by Crippen LogP contribution is -2.44. The van der Waals surface area contributed by atoms with Gasteiger partial charge < -0.3 is 39.2 Å². The van der Waals surface area contributed by atoms with Crippen LogP contribution in [0.15, 0.2) is 102 Å². The summed E-state index contributed by atoms with van der Waals surface area (Å²) in [7, 11) is 3.21. The Bertz CT molecular complexity index is 1610. The summed E-state index contributed by atoms with van der Waals surface area (Å²) >= 11 is 0. The highest BCUT2D eigenvalue weighted by molar-refractivity contribution is 5.72. The van der Waals surface area contributed by atoms with Crippen molar-refractivity contribution in [1.29, 1.82) is 0 Å². The summed E-state index contributed by atoms with van der Waals surface area (Å²) in [6.07, 6.45) is 4.41. The maximum Gasteiger partial charge on any atom is 0.161 e. The summed E-state index contributed by atoms with van der Waals surface area (Å²) in [5.74, 6) is 3.34. The van der Waals surface area contributed by atoms with Crippen LogP contribution in [0, 0.1) is 0 Å². The molecule has 0 aromatic heterocycles. The van der Waals surface area contributed by atoms with Gasteiger partial charge in [-0.2, -0.15) is 0 Å². The van der Waals surface area contributed by atoms with Gasteiger partial charge in [0.1, 0.15) is 31.7 Å². The quantitative estimate of drug-likeness (QED) is 0.172. The zero-order valence-corrected chi connectivity index (χ0v) is 26.4. The molecule has 0 amide bonds. The molecule has 2 aliphatic rings. The Morgan fingerprint density at radius 2 is 1.41 bits per heavy atom. The number of benzene rings is 3. The molecule has 10 heteroatoms. The van der Waals surface area contributed by atoms with E-state index in [9.17, 15) is 10.2 Å². The monoisotopic (exact) mass is 629 g/mol. The van der Waals surface area contributed by atoms with E-state index in [2.05, 4.69) is 5.32 Å². The first-order valence-electron chi connectivity index (χ1n) is 15.5. The minimum absolute atomic E-state index is 0.0825. The molecule has 3 atom stereocenters. The van der Waals surface area contributed by atoms with E-state index in [4.69, 9.17) is 28.7 Å². The number of rotatable bonds is 19. The number of ether oxygens (including phenoxy) is 5. The average molecular weight is 630 g/mol. The number of hydrogen-bond acceptors (Lipinski definition) is 10. The summed E-state index contributed by atoms with van der Waals surface area (Å²) in [6, 6.07) is 22.9. The van der Waals surface area contributed by atoms with Crippen LogP contribution < -0.4 is 34.8 Å². The number of fused-ring (bicyclic) bond motifs is 2. The zero-order valence-electron chi connectivity index (χ0n) is 26.4. The molecular weight excluding hydrogens is 586 g/mol. The highest BCUT2D eigenvalue weighted by atomic mass is 16.5. The number of allylic oxidation sites excluding steroid dienone is 2. The van der Waals surface area contributed by atoms with Crippen molar-refractivity contribution < 1.29 is 33.9 Å². The molecule has 0 unspecified atom stereocenters. The Hall–Kier alpha value is -4.35. The first-order valence-corrected chi connectivity index (χ1v) is 15.5. The van der Waals surface area contributed by atoms with E-state index in [0.29, 0.717) is 68.2 Å². The second kappa shape index (κ2) is 16.8. The van der Waals surface area contributed by atoms with Crippen LogP contribution in [0.25, 0.3) is 5.57 Å². The molecule has 0 saturated carbocycles. The molecule has 0 radical (unpaired) electrons. The highest BCUT2D eigenvalue weighted by Gasteiger charge is 2.25. The van der Waals surface area contributed by atoms with Crippen LogP contribution in [0.5, 0.6) is 23.0 Å². The predicted octanol–water partition coefficient (Wildman–Crippen LogP) is 2.10. The molecule has 3 N–H and O–H groups in total. The van der Waals surface area contributed by atoms with Crippen molar-refractivity contribution in [3.8, 4) is 23.0 Å². The molecule has 0 saturated heterocycles. The van der Waals surface area contributed by atoms with Crippen molar-refractivity contribution in [2.24, 2.45) is 4.99 Å². The standard InChI is InChI=1S/C36H43N3O7/c1-42-31-13-5-7-15-33(31)44-20-18-37-22-26(40)23-39(19-21-45-34-16-8-6-14-32(34)43-2)24-27(41)25-46-35-17-9-12-30-36(35)28-10-3-4-11-29(28)38-30/h3-17,26-27,30,37,40-41H,18-25H2,1-2H3/t26-,27+,30+/m0/s1. The van der Waals surface area contributed by atoms with Gasteiger partial charge in [0.05, 0.1) is 31.7 Å². The van der Waals surface area contributed by atoms with Crippen LogP contribution in [-0.2, 0) is 4.74 Å². The third-order valence-electron chi connectivity index (χ3n) is 7.66. The lowest BCUT2D eigenvalue weighted by molar-refractivity contribution is 0.0265. The van der Waals surface area contributed by atoms with Crippen molar-refractivity contribution in [1.82, 2.24) is 10.2 Å². The van der Waals surface area contributed by atoms with Crippen LogP contribution in [0.4, 0.5) is 0 Å². The van der Waals surface area contributed by atoms with E-state index < -0.39 is 12.2 Å². The van der Waals surface area contributed by atoms with Crippen LogP contribution in [0.3, 0.4) is 0 Å². The molecule has 244 valence electrons. The molecule has 0 bridgehead atoms. The lowest BCUT2D eigenvalue weighted by Gasteiger charge is -2.28. The highest BCUT2D eigenvalue weighted by Crippen LogP contribution is 2.27. The third-order valence-corrected chi connectivity index (χ3v) is 7.66. The van der Waals surface area contributed by atoms with Crippen LogP contribution in [-0.4, -0.2) is 100 Å². The van der Waals surface area contributed by atoms with Gasteiger partial charge in [-0.25, -0.2) is 0 Å². The fourth-order valence-electron chi connectivity index (χ4n) is 5.49. The van der Waals surface area contributed by atoms with Gasteiger partial charge in [0.2, 0.25) is 0 Å². The molecule has 0 spiro atoms. The van der Waals surface area contributed by atoms with Crippen LogP contribution >= 0.6 is 0 Å². The smallest absolute Gasteiger partial charge is 0.161 e. The molecular formula is C36H43N3O7. The van der Waals surface area contributed by atoms with Gasteiger partial charge >= 0.3 is 0 Å². The van der Waals surface area contributed by atoms with E-state index in [0.717, 1.165) is 16.1 Å². The molecule has 5 rings (SSSR count). The summed E-state index contributed by atoms with van der Waals surface area (Å²) in [6.45, 7) is 2.83. The minimum atomic E-state index is -0.805. The van der Waals surface area contributed by atoms with Crippen LogP contribution in [0.2, 0.25) is 0 Å². The van der Waals surface area contributed by atoms with Gasteiger partial charge in [-0.3, -0.25) is 9.89 Å². The average Bonchev–Trinajstić information content (AvgIpc) is 3.47. The molecule has 0 fully saturated rings. The normalized spacial score (nSPS) is 16.2. The first kappa shape index (κ1) is 33.0. The minimum Gasteiger partial charge on any atom is -0.493 e. The summed E-state index contributed by atoms with van der Waals surface area (Å²) in [5, 5.41) is 27.2. The molecule has 1 aliphatic carbocycles. The van der Waals surface area contributed by atoms with E-state index in [1.54, 1.807) is 14.2 Å².